The molecule has 2 aromatic carbocycles. The van der Waals surface area contributed by atoms with Gasteiger partial charge in [-0.3, -0.25) is 0 Å². The van der Waals surface area contributed by atoms with Crippen LogP contribution in [-0.2, 0) is 13.0 Å². The fourth-order valence-corrected chi connectivity index (χ4v) is 4.38. The van der Waals surface area contributed by atoms with Crippen LogP contribution in [0.5, 0.6) is 0 Å². The van der Waals surface area contributed by atoms with Gasteiger partial charge in [-0.25, -0.2) is 4.98 Å². The largest absolute Gasteiger partial charge is 0.396 e. The molecule has 1 aromatic heterocycles. The number of rotatable bonds is 5. The van der Waals surface area contributed by atoms with E-state index in [1.165, 1.54) is 5.56 Å². The van der Waals surface area contributed by atoms with Crippen molar-refractivity contribution in [1.82, 2.24) is 4.98 Å². The van der Waals surface area contributed by atoms with Gasteiger partial charge >= 0.3 is 0 Å². The van der Waals surface area contributed by atoms with Crippen LogP contribution in [0.3, 0.4) is 0 Å². The van der Waals surface area contributed by atoms with Crippen LogP contribution < -0.4 is 4.90 Å². The molecule has 0 aliphatic carbocycles. The van der Waals surface area contributed by atoms with Gasteiger partial charge in [0.2, 0.25) is 0 Å². The molecule has 1 aliphatic heterocycles. The van der Waals surface area contributed by atoms with Gasteiger partial charge in [0, 0.05) is 36.1 Å². The minimum absolute atomic E-state index is 0.0160. The summed E-state index contributed by atoms with van der Waals surface area (Å²) in [6.45, 7) is 3.94. The molecule has 0 atom stereocenters. The molecule has 0 bridgehead atoms. The van der Waals surface area contributed by atoms with Crippen molar-refractivity contribution in [2.45, 2.75) is 32.8 Å². The third-order valence-corrected chi connectivity index (χ3v) is 6.15. The van der Waals surface area contributed by atoms with Crippen molar-refractivity contribution in [3.8, 4) is 0 Å². The highest BCUT2D eigenvalue weighted by atomic mass is 16.3. The first-order valence-corrected chi connectivity index (χ1v) is 10.0. The van der Waals surface area contributed by atoms with Gasteiger partial charge in [0.15, 0.2) is 0 Å². The number of pyridine rings is 1. The van der Waals surface area contributed by atoms with E-state index in [2.05, 4.69) is 48.2 Å². The average molecular weight is 377 g/mol. The maximum atomic E-state index is 10.2. The molecule has 1 saturated heterocycles. The Morgan fingerprint density at radius 1 is 1.00 bits per heavy atom. The Hall–Kier alpha value is -2.43. The van der Waals surface area contributed by atoms with Crippen LogP contribution in [0, 0.1) is 12.3 Å². The summed E-state index contributed by atoms with van der Waals surface area (Å²) in [5.41, 5.74) is 4.22. The van der Waals surface area contributed by atoms with Crippen LogP contribution >= 0.6 is 0 Å². The highest BCUT2D eigenvalue weighted by Gasteiger charge is 2.35. The molecule has 4 heteroatoms. The lowest BCUT2D eigenvalue weighted by atomic mass is 9.74. The zero-order valence-corrected chi connectivity index (χ0v) is 16.4. The summed E-state index contributed by atoms with van der Waals surface area (Å²) in [7, 11) is 0. The second-order valence-corrected chi connectivity index (χ2v) is 8.08. The Bertz CT molecular complexity index is 947. The van der Waals surface area contributed by atoms with Crippen LogP contribution in [0.15, 0.2) is 54.6 Å². The number of fused-ring (bicyclic) bond motifs is 1. The smallest absolute Gasteiger partial charge is 0.134 e. The number of aromatic nitrogens is 1. The first kappa shape index (κ1) is 18.9. The predicted octanol–water partition coefficient (Wildman–Crippen LogP) is 3.86. The maximum Gasteiger partial charge on any atom is 0.134 e. The molecule has 1 fully saturated rings. The Balaban J connectivity index is 1.58. The second-order valence-electron chi connectivity index (χ2n) is 8.08. The fraction of sp³-hybridized carbons (Fsp3) is 0.375. The number of hydrogen-bond acceptors (Lipinski definition) is 4. The number of para-hydroxylation sites is 1. The lowest BCUT2D eigenvalue weighted by Crippen LogP contribution is -2.44. The first-order chi connectivity index (χ1) is 13.6. The van der Waals surface area contributed by atoms with E-state index in [1.807, 2.05) is 18.2 Å². The number of aliphatic hydroxyl groups excluding tert-OH is 2. The molecule has 2 heterocycles. The molecular formula is C24H28N2O2. The van der Waals surface area contributed by atoms with Gasteiger partial charge in [0.05, 0.1) is 12.1 Å². The minimum Gasteiger partial charge on any atom is -0.396 e. The highest BCUT2D eigenvalue weighted by molar-refractivity contribution is 5.84. The Labute approximate surface area is 166 Å². The molecule has 0 unspecified atom stereocenters. The Morgan fingerprint density at radius 2 is 1.75 bits per heavy atom. The molecular weight excluding hydrogens is 348 g/mol. The van der Waals surface area contributed by atoms with Crippen molar-refractivity contribution < 1.29 is 10.2 Å². The SMILES string of the molecule is Cc1cccc2cc(CO)c(N3CCC(CO)(Cc4ccccc4)CC3)nc12. The van der Waals surface area contributed by atoms with Crippen LogP contribution in [-0.4, -0.2) is 34.9 Å². The lowest BCUT2D eigenvalue weighted by molar-refractivity contribution is 0.0960. The number of hydrogen-bond donors (Lipinski definition) is 2. The van der Waals surface area contributed by atoms with Crippen LogP contribution in [0.4, 0.5) is 5.82 Å². The van der Waals surface area contributed by atoms with E-state index in [4.69, 9.17) is 4.98 Å². The molecule has 4 nitrogen and oxygen atoms in total. The van der Waals surface area contributed by atoms with Gasteiger partial charge in [-0.1, -0.05) is 48.5 Å². The van der Waals surface area contributed by atoms with Crippen molar-refractivity contribution in [3.63, 3.8) is 0 Å². The van der Waals surface area contributed by atoms with Crippen molar-refractivity contribution >= 4 is 16.7 Å². The Kier molecular flexibility index (Phi) is 5.33. The van der Waals surface area contributed by atoms with Gasteiger partial charge < -0.3 is 15.1 Å². The zero-order chi connectivity index (χ0) is 19.6. The van der Waals surface area contributed by atoms with E-state index in [1.54, 1.807) is 0 Å². The van der Waals surface area contributed by atoms with E-state index >= 15 is 0 Å². The highest BCUT2D eigenvalue weighted by Crippen LogP contribution is 2.37. The van der Waals surface area contributed by atoms with Gasteiger partial charge in [0.1, 0.15) is 5.82 Å². The molecule has 146 valence electrons. The molecule has 0 saturated carbocycles. The predicted molar refractivity (Wildman–Crippen MR) is 114 cm³/mol. The summed E-state index contributed by atoms with van der Waals surface area (Å²) >= 11 is 0. The third kappa shape index (κ3) is 3.62. The summed E-state index contributed by atoms with van der Waals surface area (Å²) in [6.07, 6.45) is 2.72. The van der Waals surface area contributed by atoms with Crippen LogP contribution in [0.1, 0.15) is 29.5 Å². The standard InChI is InChI=1S/C24H28N2O2/c1-18-6-5-9-20-14-21(16-27)23(25-22(18)20)26-12-10-24(17-28,11-13-26)15-19-7-3-2-4-8-19/h2-9,14,27-28H,10-13,15-17H2,1H3. The molecule has 0 radical (unpaired) electrons. The van der Waals surface area contributed by atoms with Crippen LogP contribution in [0.25, 0.3) is 10.9 Å². The summed E-state index contributed by atoms with van der Waals surface area (Å²) in [4.78, 5) is 7.20. The van der Waals surface area contributed by atoms with E-state index in [0.717, 1.165) is 60.2 Å². The molecule has 2 N–H and O–H groups in total. The van der Waals surface area contributed by atoms with Crippen molar-refractivity contribution in [2.75, 3.05) is 24.6 Å². The monoisotopic (exact) mass is 376 g/mol. The molecule has 3 aromatic rings. The van der Waals surface area contributed by atoms with Crippen molar-refractivity contribution in [1.29, 1.82) is 0 Å². The zero-order valence-electron chi connectivity index (χ0n) is 16.4. The molecule has 0 spiro atoms. The van der Waals surface area contributed by atoms with Gasteiger partial charge in [-0.2, -0.15) is 0 Å². The number of anilines is 1. The van der Waals surface area contributed by atoms with Gasteiger partial charge in [-0.05, 0) is 43.4 Å². The van der Waals surface area contributed by atoms with E-state index in [-0.39, 0.29) is 18.6 Å². The number of benzene rings is 2. The summed E-state index contributed by atoms with van der Waals surface area (Å²) < 4.78 is 0. The maximum absolute atomic E-state index is 10.2. The van der Waals surface area contributed by atoms with E-state index < -0.39 is 0 Å². The average Bonchev–Trinajstić information content (AvgIpc) is 2.74. The summed E-state index contributed by atoms with van der Waals surface area (Å²) in [5, 5.41) is 21.1. The van der Waals surface area contributed by atoms with Crippen molar-refractivity contribution in [2.24, 2.45) is 5.41 Å². The van der Waals surface area contributed by atoms with Gasteiger partial charge in [-0.15, -0.1) is 0 Å². The van der Waals surface area contributed by atoms with E-state index in [9.17, 15) is 10.2 Å². The number of aryl methyl sites for hydroxylation is 1. The lowest BCUT2D eigenvalue weighted by Gasteiger charge is -2.42. The van der Waals surface area contributed by atoms with Gasteiger partial charge in [0.25, 0.3) is 0 Å². The number of nitrogens with zero attached hydrogens (tertiary/aromatic N) is 2. The summed E-state index contributed by atoms with van der Waals surface area (Å²) in [6, 6.07) is 18.6. The third-order valence-electron chi connectivity index (χ3n) is 6.15. The molecule has 28 heavy (non-hydrogen) atoms. The molecule has 4 rings (SSSR count). The fourth-order valence-electron chi connectivity index (χ4n) is 4.38. The second kappa shape index (κ2) is 7.90. The van der Waals surface area contributed by atoms with Crippen LogP contribution in [0.2, 0.25) is 0 Å². The van der Waals surface area contributed by atoms with Crippen molar-refractivity contribution in [3.05, 3.63) is 71.3 Å². The number of aliphatic hydroxyl groups is 2. The molecule has 1 aliphatic rings. The normalized spacial score (nSPS) is 16.5. The molecule has 0 amide bonds. The topological polar surface area (TPSA) is 56.6 Å². The Morgan fingerprint density at radius 3 is 2.43 bits per heavy atom. The summed E-state index contributed by atoms with van der Waals surface area (Å²) in [5.74, 6) is 0.885. The number of piperidine rings is 1. The first-order valence-electron chi connectivity index (χ1n) is 10.0. The quantitative estimate of drug-likeness (QED) is 0.710. The minimum atomic E-state index is -0.0794. The van der Waals surface area contributed by atoms with E-state index in [0.29, 0.717) is 0 Å².